The zero-order valence-corrected chi connectivity index (χ0v) is 10.8. The van der Waals surface area contributed by atoms with E-state index in [9.17, 15) is 4.79 Å². The summed E-state index contributed by atoms with van der Waals surface area (Å²) in [5.74, 6) is 1.27. The molecule has 1 aromatic rings. The molecule has 0 unspecified atom stereocenters. The van der Waals surface area contributed by atoms with Crippen LogP contribution in [-0.2, 0) is 4.79 Å². The first-order chi connectivity index (χ1) is 8.25. The number of hydrogen-bond donors (Lipinski definition) is 0. The van der Waals surface area contributed by atoms with Crippen LogP contribution in [0.4, 0.5) is 0 Å². The quantitative estimate of drug-likeness (QED) is 0.607. The fraction of sp³-hybridized carbons (Fsp3) is 0.583. The van der Waals surface area contributed by atoms with Gasteiger partial charge in [0.25, 0.3) is 0 Å². The topological polar surface area (TPSA) is 46.1 Å². The molecule has 0 bridgehead atoms. The Morgan fingerprint density at radius 1 is 1.53 bits per heavy atom. The predicted octanol–water partition coefficient (Wildman–Crippen LogP) is 1.83. The van der Waals surface area contributed by atoms with Gasteiger partial charge < -0.3 is 4.90 Å². The van der Waals surface area contributed by atoms with E-state index in [-0.39, 0.29) is 5.91 Å². The van der Waals surface area contributed by atoms with E-state index < -0.39 is 0 Å². The molecular formula is C12H17N3OS. The molecule has 17 heavy (non-hydrogen) atoms. The van der Waals surface area contributed by atoms with Gasteiger partial charge in [0.2, 0.25) is 5.91 Å². The summed E-state index contributed by atoms with van der Waals surface area (Å²) in [5, 5.41) is 0.672. The average Bonchev–Trinajstić information content (AvgIpc) is 2.37. The molecule has 0 saturated carbocycles. The Morgan fingerprint density at radius 3 is 3.00 bits per heavy atom. The van der Waals surface area contributed by atoms with Gasteiger partial charge in [-0.25, -0.2) is 9.97 Å². The maximum Gasteiger partial charge on any atom is 0.233 e. The average molecular weight is 251 g/mol. The maximum atomic E-state index is 12.0. The summed E-state index contributed by atoms with van der Waals surface area (Å²) < 4.78 is 0. The number of aromatic nitrogens is 2. The maximum absolute atomic E-state index is 12.0. The van der Waals surface area contributed by atoms with Gasteiger partial charge >= 0.3 is 0 Å². The molecule has 0 aliphatic carbocycles. The first-order valence-corrected chi connectivity index (χ1v) is 6.92. The van der Waals surface area contributed by atoms with Crippen LogP contribution in [0.2, 0.25) is 0 Å². The summed E-state index contributed by atoms with van der Waals surface area (Å²) >= 11 is 1.41. The third kappa shape index (κ3) is 3.70. The van der Waals surface area contributed by atoms with E-state index in [4.69, 9.17) is 0 Å². The monoisotopic (exact) mass is 251 g/mol. The zero-order chi connectivity index (χ0) is 12.1. The predicted molar refractivity (Wildman–Crippen MR) is 67.7 cm³/mol. The van der Waals surface area contributed by atoms with Crippen molar-refractivity contribution in [2.24, 2.45) is 5.92 Å². The van der Waals surface area contributed by atoms with Crippen molar-refractivity contribution < 1.29 is 4.79 Å². The van der Waals surface area contributed by atoms with Crippen LogP contribution in [0.3, 0.4) is 0 Å². The zero-order valence-electron chi connectivity index (χ0n) is 10.0. The second-order valence-corrected chi connectivity index (χ2v) is 5.35. The molecule has 0 radical (unpaired) electrons. The van der Waals surface area contributed by atoms with Gasteiger partial charge in [-0.05, 0) is 24.8 Å². The third-order valence-corrected chi connectivity index (χ3v) is 3.74. The van der Waals surface area contributed by atoms with Crippen molar-refractivity contribution in [3.05, 3.63) is 18.5 Å². The number of piperidine rings is 1. The second-order valence-electron chi connectivity index (χ2n) is 4.41. The summed E-state index contributed by atoms with van der Waals surface area (Å²) in [5.41, 5.74) is 0. The fourth-order valence-corrected chi connectivity index (χ4v) is 2.70. The van der Waals surface area contributed by atoms with E-state index >= 15 is 0 Å². The second kappa shape index (κ2) is 6.00. The molecule has 1 aliphatic rings. The van der Waals surface area contributed by atoms with E-state index in [2.05, 4.69) is 16.9 Å². The van der Waals surface area contributed by atoms with Crippen molar-refractivity contribution in [1.29, 1.82) is 0 Å². The Kier molecular flexibility index (Phi) is 4.36. The normalized spacial score (nSPS) is 20.3. The first kappa shape index (κ1) is 12.4. The van der Waals surface area contributed by atoms with Crippen LogP contribution in [0.1, 0.15) is 19.8 Å². The standard InChI is InChI=1S/C12H17N3OS/c1-10-4-2-7-15(8-10)11(16)9-17-12-13-5-3-6-14-12/h3,5-6,10H,2,4,7-9H2,1H3/t10-/m1/s1. The number of thioether (sulfide) groups is 1. The minimum absolute atomic E-state index is 0.203. The van der Waals surface area contributed by atoms with Crippen LogP contribution < -0.4 is 0 Å². The number of likely N-dealkylation sites (tertiary alicyclic amines) is 1. The van der Waals surface area contributed by atoms with Gasteiger partial charge in [0, 0.05) is 25.5 Å². The van der Waals surface area contributed by atoms with Crippen LogP contribution in [0.15, 0.2) is 23.6 Å². The molecule has 1 aliphatic heterocycles. The summed E-state index contributed by atoms with van der Waals surface area (Å²) in [4.78, 5) is 22.1. The highest BCUT2D eigenvalue weighted by Crippen LogP contribution is 2.18. The van der Waals surface area contributed by atoms with E-state index in [0.717, 1.165) is 19.5 Å². The molecule has 0 N–H and O–H groups in total. The van der Waals surface area contributed by atoms with Crippen LogP contribution in [-0.4, -0.2) is 39.6 Å². The van der Waals surface area contributed by atoms with Gasteiger partial charge in [-0.2, -0.15) is 0 Å². The van der Waals surface area contributed by atoms with Gasteiger partial charge in [0.1, 0.15) is 0 Å². The van der Waals surface area contributed by atoms with E-state index in [0.29, 0.717) is 16.8 Å². The van der Waals surface area contributed by atoms with Crippen molar-refractivity contribution in [3.63, 3.8) is 0 Å². The smallest absolute Gasteiger partial charge is 0.233 e. The number of carbonyl (C=O) groups excluding carboxylic acids is 1. The molecule has 1 saturated heterocycles. The lowest BCUT2D eigenvalue weighted by Crippen LogP contribution is -2.40. The van der Waals surface area contributed by atoms with E-state index in [1.165, 1.54) is 18.2 Å². The Hall–Kier alpha value is -1.10. The van der Waals surface area contributed by atoms with Gasteiger partial charge in [-0.3, -0.25) is 4.79 Å². The Morgan fingerprint density at radius 2 is 2.29 bits per heavy atom. The lowest BCUT2D eigenvalue weighted by atomic mass is 10.0. The van der Waals surface area contributed by atoms with E-state index in [1.807, 2.05) is 4.90 Å². The number of hydrogen-bond acceptors (Lipinski definition) is 4. The highest BCUT2D eigenvalue weighted by Gasteiger charge is 2.20. The van der Waals surface area contributed by atoms with Gasteiger partial charge in [0.15, 0.2) is 5.16 Å². The highest BCUT2D eigenvalue weighted by molar-refractivity contribution is 7.99. The van der Waals surface area contributed by atoms with Crippen LogP contribution in [0.25, 0.3) is 0 Å². The number of carbonyl (C=O) groups is 1. The minimum atomic E-state index is 0.203. The molecule has 1 fully saturated rings. The lowest BCUT2D eigenvalue weighted by Gasteiger charge is -2.30. The Labute approximate surface area is 106 Å². The Bertz CT molecular complexity index is 371. The molecule has 1 amide bonds. The van der Waals surface area contributed by atoms with Crippen molar-refractivity contribution in [2.45, 2.75) is 24.9 Å². The molecule has 2 heterocycles. The number of nitrogens with zero attached hydrogens (tertiary/aromatic N) is 3. The molecule has 2 rings (SSSR count). The number of amides is 1. The molecular weight excluding hydrogens is 234 g/mol. The summed E-state index contributed by atoms with van der Waals surface area (Å²) in [6.07, 6.45) is 5.75. The van der Waals surface area contributed by atoms with E-state index in [1.54, 1.807) is 18.5 Å². The largest absolute Gasteiger partial charge is 0.342 e. The van der Waals surface area contributed by atoms with Crippen molar-refractivity contribution in [1.82, 2.24) is 14.9 Å². The molecule has 92 valence electrons. The van der Waals surface area contributed by atoms with Gasteiger partial charge in [-0.15, -0.1) is 0 Å². The molecule has 4 nitrogen and oxygen atoms in total. The lowest BCUT2D eigenvalue weighted by molar-refractivity contribution is -0.130. The minimum Gasteiger partial charge on any atom is -0.342 e. The SMILES string of the molecule is C[C@@H]1CCCN(C(=O)CSc2ncccn2)C1. The molecule has 5 heteroatoms. The highest BCUT2D eigenvalue weighted by atomic mass is 32.2. The molecule has 1 aromatic heterocycles. The van der Waals surface area contributed by atoms with Crippen molar-refractivity contribution in [3.8, 4) is 0 Å². The van der Waals surface area contributed by atoms with Crippen molar-refractivity contribution in [2.75, 3.05) is 18.8 Å². The summed E-state index contributed by atoms with van der Waals surface area (Å²) in [6.45, 7) is 4.00. The molecule has 0 aromatic carbocycles. The summed E-state index contributed by atoms with van der Waals surface area (Å²) in [6, 6.07) is 1.78. The Balaban J connectivity index is 1.81. The fourth-order valence-electron chi connectivity index (χ4n) is 1.99. The van der Waals surface area contributed by atoms with Gasteiger partial charge in [-0.1, -0.05) is 18.7 Å². The van der Waals surface area contributed by atoms with Gasteiger partial charge in [0.05, 0.1) is 5.75 Å². The third-order valence-electron chi connectivity index (χ3n) is 2.88. The summed E-state index contributed by atoms with van der Waals surface area (Å²) in [7, 11) is 0. The molecule has 1 atom stereocenters. The first-order valence-electron chi connectivity index (χ1n) is 5.93. The number of rotatable bonds is 3. The molecule has 0 spiro atoms. The van der Waals surface area contributed by atoms with Crippen LogP contribution in [0, 0.1) is 5.92 Å². The van der Waals surface area contributed by atoms with Crippen LogP contribution in [0.5, 0.6) is 0 Å². The van der Waals surface area contributed by atoms with Crippen LogP contribution >= 0.6 is 11.8 Å². The van der Waals surface area contributed by atoms with Crippen molar-refractivity contribution >= 4 is 17.7 Å².